The van der Waals surface area contributed by atoms with Crippen molar-refractivity contribution < 1.29 is 9.84 Å². The van der Waals surface area contributed by atoms with Gasteiger partial charge < -0.3 is 9.84 Å². The van der Waals surface area contributed by atoms with Gasteiger partial charge in [0.25, 0.3) is 0 Å². The summed E-state index contributed by atoms with van der Waals surface area (Å²) in [6.07, 6.45) is 6.67. The van der Waals surface area contributed by atoms with Crippen LogP contribution < -0.4 is 4.74 Å². The average Bonchev–Trinajstić information content (AvgIpc) is 2.37. The third kappa shape index (κ3) is 2.45. The molecule has 0 saturated heterocycles. The van der Waals surface area contributed by atoms with Crippen molar-refractivity contribution in [3.8, 4) is 11.5 Å². The predicted molar refractivity (Wildman–Crippen MR) is 86.0 cm³/mol. The summed E-state index contributed by atoms with van der Waals surface area (Å²) >= 11 is 0. The number of fused-ring (bicyclic) bond motifs is 3. The summed E-state index contributed by atoms with van der Waals surface area (Å²) in [6.45, 7) is 8.72. The van der Waals surface area contributed by atoms with Gasteiger partial charge in [0.15, 0.2) is 0 Å². The van der Waals surface area contributed by atoms with E-state index in [9.17, 15) is 5.11 Å². The zero-order chi connectivity index (χ0) is 15.2. The number of phenols is 1. The van der Waals surface area contributed by atoms with Crippen molar-refractivity contribution in [2.45, 2.75) is 64.9 Å². The van der Waals surface area contributed by atoms with Gasteiger partial charge in [0, 0.05) is 17.4 Å². The Kier molecular flexibility index (Phi) is 3.51. The molecule has 114 valence electrons. The van der Waals surface area contributed by atoms with E-state index in [1.54, 1.807) is 0 Å². The molecule has 0 aromatic heterocycles. The Morgan fingerprint density at radius 1 is 1.33 bits per heavy atom. The summed E-state index contributed by atoms with van der Waals surface area (Å²) in [7, 11) is 0. The van der Waals surface area contributed by atoms with Gasteiger partial charge in [0.05, 0.1) is 0 Å². The molecule has 1 aliphatic carbocycles. The number of rotatable bonds is 2. The third-order valence-electron chi connectivity index (χ3n) is 5.07. The summed E-state index contributed by atoms with van der Waals surface area (Å²) in [5.74, 6) is 2.02. The van der Waals surface area contributed by atoms with Crippen molar-refractivity contribution in [1.82, 2.24) is 0 Å². The van der Waals surface area contributed by atoms with E-state index in [0.29, 0.717) is 11.7 Å². The number of ether oxygens (including phenoxy) is 1. The Hall–Kier alpha value is -1.44. The van der Waals surface area contributed by atoms with Crippen LogP contribution in [0.15, 0.2) is 23.8 Å². The quantitative estimate of drug-likeness (QED) is 0.779. The third-order valence-corrected chi connectivity index (χ3v) is 5.07. The van der Waals surface area contributed by atoms with E-state index in [1.165, 1.54) is 11.1 Å². The lowest BCUT2D eigenvalue weighted by Gasteiger charge is -2.46. The SMILES string of the molecule is CCCc1cc(O)c2c(c1)OC(C)(C)[C@@H]1CCC(C)=CC21. The van der Waals surface area contributed by atoms with Crippen molar-refractivity contribution >= 4 is 0 Å². The molecule has 1 N–H and O–H groups in total. The molecule has 2 heteroatoms. The molecule has 0 radical (unpaired) electrons. The lowest BCUT2D eigenvalue weighted by molar-refractivity contribution is 0.0107. The number of hydrogen-bond acceptors (Lipinski definition) is 2. The molecule has 0 spiro atoms. The zero-order valence-electron chi connectivity index (χ0n) is 13.6. The van der Waals surface area contributed by atoms with Crippen LogP contribution in [0.2, 0.25) is 0 Å². The van der Waals surface area contributed by atoms with Crippen LogP contribution in [0.1, 0.15) is 64.0 Å². The van der Waals surface area contributed by atoms with Crippen LogP contribution in [-0.2, 0) is 6.42 Å². The highest BCUT2D eigenvalue weighted by Gasteiger charge is 2.45. The van der Waals surface area contributed by atoms with E-state index >= 15 is 0 Å². The van der Waals surface area contributed by atoms with Crippen LogP contribution in [0.4, 0.5) is 0 Å². The fourth-order valence-electron chi connectivity index (χ4n) is 4.01. The topological polar surface area (TPSA) is 29.5 Å². The second kappa shape index (κ2) is 5.08. The molecule has 2 aliphatic rings. The normalized spacial score (nSPS) is 26.4. The van der Waals surface area contributed by atoms with Gasteiger partial charge in [-0.3, -0.25) is 0 Å². The number of allylic oxidation sites excluding steroid dienone is 2. The highest BCUT2D eigenvalue weighted by atomic mass is 16.5. The van der Waals surface area contributed by atoms with E-state index in [2.05, 4.69) is 39.8 Å². The van der Waals surface area contributed by atoms with Crippen LogP contribution in [0, 0.1) is 5.92 Å². The average molecular weight is 286 g/mol. The second-order valence-electron chi connectivity index (χ2n) is 7.17. The molecule has 0 bridgehead atoms. The van der Waals surface area contributed by atoms with Crippen LogP contribution >= 0.6 is 0 Å². The maximum Gasteiger partial charge on any atom is 0.127 e. The predicted octanol–water partition coefficient (Wildman–Crippen LogP) is 4.96. The first kappa shape index (κ1) is 14.5. The molecular weight excluding hydrogens is 260 g/mol. The molecule has 0 fully saturated rings. The van der Waals surface area contributed by atoms with Crippen molar-refractivity contribution in [1.29, 1.82) is 0 Å². The molecule has 0 saturated carbocycles. The van der Waals surface area contributed by atoms with Gasteiger partial charge in [0.2, 0.25) is 0 Å². The highest BCUT2D eigenvalue weighted by molar-refractivity contribution is 5.53. The molecule has 1 heterocycles. The van der Waals surface area contributed by atoms with E-state index in [4.69, 9.17) is 4.74 Å². The number of hydrogen-bond donors (Lipinski definition) is 1. The van der Waals surface area contributed by atoms with Crippen molar-refractivity contribution in [3.63, 3.8) is 0 Å². The lowest BCUT2D eigenvalue weighted by atomic mass is 9.68. The minimum atomic E-state index is -0.174. The number of benzene rings is 1. The number of aromatic hydroxyl groups is 1. The van der Waals surface area contributed by atoms with E-state index < -0.39 is 0 Å². The first-order valence-corrected chi connectivity index (χ1v) is 8.14. The summed E-state index contributed by atoms with van der Waals surface area (Å²) in [6, 6.07) is 4.06. The molecule has 21 heavy (non-hydrogen) atoms. The molecule has 1 unspecified atom stereocenters. The molecule has 1 aromatic carbocycles. The monoisotopic (exact) mass is 286 g/mol. The second-order valence-corrected chi connectivity index (χ2v) is 7.17. The molecule has 2 atom stereocenters. The number of aryl methyl sites for hydroxylation is 1. The fraction of sp³-hybridized carbons (Fsp3) is 0.579. The highest BCUT2D eigenvalue weighted by Crippen LogP contribution is 2.53. The van der Waals surface area contributed by atoms with Gasteiger partial charge in [-0.2, -0.15) is 0 Å². The Morgan fingerprint density at radius 2 is 2.10 bits per heavy atom. The molecule has 2 nitrogen and oxygen atoms in total. The number of phenolic OH excluding ortho intramolecular Hbond substituents is 1. The summed E-state index contributed by atoms with van der Waals surface area (Å²) in [5.41, 5.74) is 3.42. The first-order valence-electron chi connectivity index (χ1n) is 8.14. The molecular formula is C19H26O2. The van der Waals surface area contributed by atoms with Gasteiger partial charge in [-0.05, 0) is 57.7 Å². The maximum atomic E-state index is 10.5. The van der Waals surface area contributed by atoms with Crippen LogP contribution in [0.25, 0.3) is 0 Å². The summed E-state index contributed by atoms with van der Waals surface area (Å²) in [5, 5.41) is 10.5. The minimum Gasteiger partial charge on any atom is -0.507 e. The van der Waals surface area contributed by atoms with Crippen LogP contribution in [0.5, 0.6) is 11.5 Å². The van der Waals surface area contributed by atoms with Crippen LogP contribution in [-0.4, -0.2) is 10.7 Å². The van der Waals surface area contributed by atoms with Crippen LogP contribution in [0.3, 0.4) is 0 Å². The Balaban J connectivity index is 2.13. The minimum absolute atomic E-state index is 0.174. The smallest absolute Gasteiger partial charge is 0.127 e. The van der Waals surface area contributed by atoms with Gasteiger partial charge >= 0.3 is 0 Å². The lowest BCUT2D eigenvalue weighted by Crippen LogP contribution is -2.45. The summed E-state index contributed by atoms with van der Waals surface area (Å²) < 4.78 is 6.30. The van der Waals surface area contributed by atoms with Gasteiger partial charge in [-0.1, -0.05) is 25.0 Å². The Bertz CT molecular complexity index is 583. The molecule has 0 amide bonds. The summed E-state index contributed by atoms with van der Waals surface area (Å²) in [4.78, 5) is 0. The largest absolute Gasteiger partial charge is 0.507 e. The Morgan fingerprint density at radius 3 is 2.81 bits per heavy atom. The first-order chi connectivity index (χ1) is 9.92. The maximum absolute atomic E-state index is 10.5. The van der Waals surface area contributed by atoms with Gasteiger partial charge in [-0.15, -0.1) is 0 Å². The molecule has 1 aliphatic heterocycles. The van der Waals surface area contributed by atoms with Gasteiger partial charge in [0.1, 0.15) is 17.1 Å². The standard InChI is InChI=1S/C19H26O2/c1-5-6-13-10-16(20)18-14-9-12(2)7-8-15(14)19(3,4)21-17(18)11-13/h9-11,14-15,20H,5-8H2,1-4H3/t14?,15-/m1/s1. The zero-order valence-corrected chi connectivity index (χ0v) is 13.6. The van der Waals surface area contributed by atoms with E-state index in [0.717, 1.165) is 37.0 Å². The molecule has 3 rings (SSSR count). The Labute approximate surface area is 127 Å². The van der Waals surface area contributed by atoms with E-state index in [-0.39, 0.29) is 11.5 Å². The van der Waals surface area contributed by atoms with Crippen molar-refractivity contribution in [2.75, 3.05) is 0 Å². The molecule has 1 aromatic rings. The van der Waals surface area contributed by atoms with Crippen molar-refractivity contribution in [2.24, 2.45) is 5.92 Å². The van der Waals surface area contributed by atoms with E-state index in [1.807, 2.05) is 6.07 Å². The van der Waals surface area contributed by atoms with Gasteiger partial charge in [-0.25, -0.2) is 0 Å². The van der Waals surface area contributed by atoms with Crippen molar-refractivity contribution in [3.05, 3.63) is 34.9 Å². The fourth-order valence-corrected chi connectivity index (χ4v) is 4.01.